The van der Waals surface area contributed by atoms with Crippen LogP contribution >= 0.6 is 0 Å². The van der Waals surface area contributed by atoms with E-state index in [1.807, 2.05) is 6.07 Å². The Hall–Kier alpha value is -3.03. The summed E-state index contributed by atoms with van der Waals surface area (Å²) in [6.45, 7) is 0.395. The van der Waals surface area contributed by atoms with Gasteiger partial charge in [0.1, 0.15) is 5.69 Å². The van der Waals surface area contributed by atoms with Gasteiger partial charge in [-0.2, -0.15) is 5.10 Å². The Morgan fingerprint density at radius 3 is 2.54 bits per heavy atom. The SMILES string of the molecule is COc1cccc(C2CN(C(=O)c3ccn(C)n3)CC2C(=O)O)c1OC. The van der Waals surface area contributed by atoms with Crippen LogP contribution in [-0.4, -0.2) is 59.0 Å². The van der Waals surface area contributed by atoms with Gasteiger partial charge in [-0.05, 0) is 12.1 Å². The van der Waals surface area contributed by atoms with Gasteiger partial charge in [0.25, 0.3) is 5.91 Å². The van der Waals surface area contributed by atoms with Crippen LogP contribution in [0.2, 0.25) is 0 Å². The summed E-state index contributed by atoms with van der Waals surface area (Å²) in [7, 11) is 4.77. The monoisotopic (exact) mass is 359 g/mol. The highest BCUT2D eigenvalue weighted by Gasteiger charge is 2.42. The van der Waals surface area contributed by atoms with Gasteiger partial charge in [-0.1, -0.05) is 12.1 Å². The molecule has 0 saturated carbocycles. The highest BCUT2D eigenvalue weighted by Crippen LogP contribution is 2.42. The number of carbonyl (C=O) groups excluding carboxylic acids is 1. The van der Waals surface area contributed by atoms with Crippen molar-refractivity contribution >= 4 is 11.9 Å². The van der Waals surface area contributed by atoms with E-state index in [1.165, 1.54) is 19.1 Å². The minimum absolute atomic E-state index is 0.121. The molecule has 1 saturated heterocycles. The van der Waals surface area contributed by atoms with Crippen LogP contribution in [0.1, 0.15) is 22.0 Å². The van der Waals surface area contributed by atoms with E-state index in [0.717, 1.165) is 5.56 Å². The van der Waals surface area contributed by atoms with Gasteiger partial charge in [-0.25, -0.2) is 0 Å². The second-order valence-electron chi connectivity index (χ2n) is 6.22. The lowest BCUT2D eigenvalue weighted by Gasteiger charge is -2.20. The number of hydrogen-bond acceptors (Lipinski definition) is 5. The van der Waals surface area contributed by atoms with Gasteiger partial charge in [0.2, 0.25) is 0 Å². The third-order valence-electron chi connectivity index (χ3n) is 4.69. The summed E-state index contributed by atoms with van der Waals surface area (Å²) in [5.74, 6) is -1.33. The topological polar surface area (TPSA) is 93.9 Å². The molecule has 3 rings (SSSR count). The second-order valence-corrected chi connectivity index (χ2v) is 6.22. The van der Waals surface area contributed by atoms with Crippen molar-refractivity contribution in [3.05, 3.63) is 41.7 Å². The van der Waals surface area contributed by atoms with Gasteiger partial charge in [0, 0.05) is 37.8 Å². The fourth-order valence-corrected chi connectivity index (χ4v) is 3.43. The van der Waals surface area contributed by atoms with Gasteiger partial charge >= 0.3 is 5.97 Å². The van der Waals surface area contributed by atoms with Crippen LogP contribution in [0.25, 0.3) is 0 Å². The Morgan fingerprint density at radius 2 is 1.96 bits per heavy atom. The predicted molar refractivity (Wildman–Crippen MR) is 92.5 cm³/mol. The van der Waals surface area contributed by atoms with Crippen molar-refractivity contribution in [1.82, 2.24) is 14.7 Å². The smallest absolute Gasteiger partial charge is 0.308 e. The molecular weight excluding hydrogens is 338 g/mol. The van der Waals surface area contributed by atoms with Crippen LogP contribution in [0.5, 0.6) is 11.5 Å². The Balaban J connectivity index is 1.94. The Bertz CT molecular complexity index is 832. The van der Waals surface area contributed by atoms with Gasteiger partial charge in [-0.3, -0.25) is 14.3 Å². The molecule has 0 spiro atoms. The number of carbonyl (C=O) groups is 2. The number of para-hydroxylation sites is 1. The number of hydrogen-bond donors (Lipinski definition) is 1. The average Bonchev–Trinajstić information content (AvgIpc) is 3.27. The molecule has 0 bridgehead atoms. The van der Waals surface area contributed by atoms with E-state index in [-0.39, 0.29) is 19.0 Å². The summed E-state index contributed by atoms with van der Waals surface area (Å²) >= 11 is 0. The van der Waals surface area contributed by atoms with Crippen molar-refractivity contribution in [3.63, 3.8) is 0 Å². The molecule has 8 heteroatoms. The first-order valence-corrected chi connectivity index (χ1v) is 8.18. The van der Waals surface area contributed by atoms with Gasteiger partial charge in [0.15, 0.2) is 11.5 Å². The minimum Gasteiger partial charge on any atom is -0.493 e. The largest absolute Gasteiger partial charge is 0.493 e. The molecule has 0 aliphatic carbocycles. The lowest BCUT2D eigenvalue weighted by Crippen LogP contribution is -2.30. The van der Waals surface area contributed by atoms with Crippen LogP contribution in [0.15, 0.2) is 30.5 Å². The molecule has 1 aromatic heterocycles. The summed E-state index contributed by atoms with van der Waals surface area (Å²) in [5.41, 5.74) is 1.02. The average molecular weight is 359 g/mol. The summed E-state index contributed by atoms with van der Waals surface area (Å²) in [6.07, 6.45) is 1.68. The normalized spacial score (nSPS) is 19.4. The molecule has 26 heavy (non-hydrogen) atoms. The highest BCUT2D eigenvalue weighted by atomic mass is 16.5. The van der Waals surface area contributed by atoms with E-state index in [1.54, 1.807) is 36.1 Å². The van der Waals surface area contributed by atoms with Crippen molar-refractivity contribution in [2.75, 3.05) is 27.3 Å². The molecule has 2 aromatic rings. The molecule has 1 aromatic carbocycles. The van der Waals surface area contributed by atoms with E-state index in [0.29, 0.717) is 17.2 Å². The van der Waals surface area contributed by atoms with E-state index >= 15 is 0 Å². The maximum atomic E-state index is 12.7. The first-order valence-electron chi connectivity index (χ1n) is 8.18. The quantitative estimate of drug-likeness (QED) is 0.867. The third kappa shape index (κ3) is 3.10. The van der Waals surface area contributed by atoms with Crippen molar-refractivity contribution in [2.45, 2.75) is 5.92 Å². The van der Waals surface area contributed by atoms with Crippen molar-refractivity contribution < 1.29 is 24.2 Å². The number of aliphatic carboxylic acids is 1. The molecule has 138 valence electrons. The van der Waals surface area contributed by atoms with E-state index in [9.17, 15) is 14.7 Å². The molecule has 8 nitrogen and oxygen atoms in total. The number of nitrogens with zero attached hydrogens (tertiary/aromatic N) is 3. The zero-order valence-corrected chi connectivity index (χ0v) is 14.9. The molecule has 1 aliphatic heterocycles. The number of methoxy groups -OCH3 is 2. The maximum Gasteiger partial charge on any atom is 0.308 e. The Kier molecular flexibility index (Phi) is 4.83. The summed E-state index contributed by atoms with van der Waals surface area (Å²) in [4.78, 5) is 26.0. The molecular formula is C18H21N3O5. The number of carboxylic acids is 1. The fraction of sp³-hybridized carbons (Fsp3) is 0.389. The zero-order chi connectivity index (χ0) is 18.8. The van der Waals surface area contributed by atoms with E-state index < -0.39 is 17.8 Å². The lowest BCUT2D eigenvalue weighted by atomic mass is 9.88. The van der Waals surface area contributed by atoms with Gasteiger partial charge in [-0.15, -0.1) is 0 Å². The second kappa shape index (κ2) is 7.07. The van der Waals surface area contributed by atoms with Crippen molar-refractivity contribution in [3.8, 4) is 11.5 Å². The molecule has 0 radical (unpaired) electrons. The molecule has 2 atom stereocenters. The lowest BCUT2D eigenvalue weighted by molar-refractivity contribution is -0.141. The van der Waals surface area contributed by atoms with Crippen LogP contribution in [0.3, 0.4) is 0 Å². The molecule has 1 amide bonds. The standard InChI is InChI=1S/C18H21N3O5/c1-20-8-7-14(19-20)17(22)21-9-12(13(10-21)18(23)24)11-5-4-6-15(25-2)16(11)26-3/h4-8,12-13H,9-10H2,1-3H3,(H,23,24). The number of carboxylic acid groups (broad SMARTS) is 1. The van der Waals surface area contributed by atoms with Crippen LogP contribution in [0.4, 0.5) is 0 Å². The van der Waals surface area contributed by atoms with Gasteiger partial charge in [0.05, 0.1) is 20.1 Å². The molecule has 1 fully saturated rings. The molecule has 2 unspecified atom stereocenters. The highest BCUT2D eigenvalue weighted by molar-refractivity contribution is 5.93. The minimum atomic E-state index is -0.948. The Labute approximate surface area is 150 Å². The Morgan fingerprint density at radius 1 is 1.19 bits per heavy atom. The number of benzene rings is 1. The van der Waals surface area contributed by atoms with Crippen LogP contribution in [0, 0.1) is 5.92 Å². The zero-order valence-electron chi connectivity index (χ0n) is 14.9. The van der Waals surface area contributed by atoms with Crippen LogP contribution in [-0.2, 0) is 11.8 Å². The number of likely N-dealkylation sites (tertiary alicyclic amines) is 1. The number of ether oxygens (including phenoxy) is 2. The first kappa shape index (κ1) is 17.8. The summed E-state index contributed by atoms with van der Waals surface area (Å²) in [5, 5.41) is 13.8. The third-order valence-corrected chi connectivity index (χ3v) is 4.69. The van der Waals surface area contributed by atoms with Crippen molar-refractivity contribution in [1.29, 1.82) is 0 Å². The predicted octanol–water partition coefficient (Wildman–Crippen LogP) is 1.38. The number of amides is 1. The molecule has 2 heterocycles. The first-order chi connectivity index (χ1) is 12.5. The fourth-order valence-electron chi connectivity index (χ4n) is 3.43. The van der Waals surface area contributed by atoms with E-state index in [4.69, 9.17) is 9.47 Å². The summed E-state index contributed by atoms with van der Waals surface area (Å²) in [6, 6.07) is 6.98. The summed E-state index contributed by atoms with van der Waals surface area (Å²) < 4.78 is 12.3. The van der Waals surface area contributed by atoms with Gasteiger partial charge < -0.3 is 19.5 Å². The van der Waals surface area contributed by atoms with Crippen LogP contribution < -0.4 is 9.47 Å². The number of rotatable bonds is 5. The molecule has 1 aliphatic rings. The van der Waals surface area contributed by atoms with Crippen molar-refractivity contribution in [2.24, 2.45) is 13.0 Å². The van der Waals surface area contributed by atoms with E-state index in [2.05, 4.69) is 5.10 Å². The number of aromatic nitrogens is 2. The maximum absolute atomic E-state index is 12.7. The molecule has 1 N–H and O–H groups in total. The number of aryl methyl sites for hydroxylation is 1.